The van der Waals surface area contributed by atoms with Crippen LogP contribution in [0.25, 0.3) is 0 Å². The molecular weight excluding hydrogens is 316 g/mol. The predicted octanol–water partition coefficient (Wildman–Crippen LogP) is 0.911. The molecule has 1 aromatic carbocycles. The number of carbonyl (C=O) groups excluding carboxylic acids is 1. The molecule has 0 aliphatic carbocycles. The van der Waals surface area contributed by atoms with Gasteiger partial charge in [-0.1, -0.05) is 30.3 Å². The standard InChI is InChI=1S/C15H22N6O.ClH/c1-11(16-3)10-17-15(22)14(21-12(2)18-19-20-21)9-13-7-5-4-6-8-13;/h4-8,11,14,16H,9-10H2,1-3H3,(H,17,22);1H. The molecule has 0 bridgehead atoms. The Morgan fingerprint density at radius 1 is 1.30 bits per heavy atom. The molecule has 0 aliphatic heterocycles. The molecule has 0 saturated carbocycles. The van der Waals surface area contributed by atoms with Crippen LogP contribution in [0.3, 0.4) is 0 Å². The first-order valence-corrected chi connectivity index (χ1v) is 7.35. The molecule has 126 valence electrons. The van der Waals surface area contributed by atoms with E-state index in [4.69, 9.17) is 0 Å². The number of hydrogen-bond acceptors (Lipinski definition) is 5. The van der Waals surface area contributed by atoms with Gasteiger partial charge >= 0.3 is 0 Å². The minimum Gasteiger partial charge on any atom is -0.353 e. The number of hydrogen-bond donors (Lipinski definition) is 2. The quantitative estimate of drug-likeness (QED) is 0.784. The third-order valence-electron chi connectivity index (χ3n) is 3.60. The fraction of sp³-hybridized carbons (Fsp3) is 0.467. The summed E-state index contributed by atoms with van der Waals surface area (Å²) in [5.74, 6) is 0.541. The van der Waals surface area contributed by atoms with E-state index in [1.165, 1.54) is 0 Å². The predicted molar refractivity (Wildman–Crippen MR) is 90.5 cm³/mol. The molecule has 1 aromatic heterocycles. The van der Waals surface area contributed by atoms with Gasteiger partial charge in [0.05, 0.1) is 0 Å². The van der Waals surface area contributed by atoms with Crippen molar-refractivity contribution >= 4 is 18.3 Å². The lowest BCUT2D eigenvalue weighted by Crippen LogP contribution is -2.41. The number of halogens is 1. The molecule has 1 amide bonds. The van der Waals surface area contributed by atoms with Crippen molar-refractivity contribution in [2.75, 3.05) is 13.6 Å². The minimum absolute atomic E-state index is 0. The number of carbonyl (C=O) groups is 1. The van der Waals surface area contributed by atoms with Gasteiger partial charge in [-0.2, -0.15) is 0 Å². The number of amides is 1. The summed E-state index contributed by atoms with van der Waals surface area (Å²) in [7, 11) is 1.86. The highest BCUT2D eigenvalue weighted by molar-refractivity contribution is 5.85. The number of aromatic nitrogens is 4. The van der Waals surface area contributed by atoms with Gasteiger partial charge in [0.15, 0.2) is 0 Å². The summed E-state index contributed by atoms with van der Waals surface area (Å²) in [5, 5.41) is 17.5. The molecule has 0 aliphatic rings. The maximum atomic E-state index is 12.6. The molecule has 2 aromatic rings. The average Bonchev–Trinajstić information content (AvgIpc) is 2.96. The lowest BCUT2D eigenvalue weighted by atomic mass is 10.1. The van der Waals surface area contributed by atoms with E-state index in [-0.39, 0.29) is 24.4 Å². The monoisotopic (exact) mass is 338 g/mol. The number of benzene rings is 1. The Balaban J connectivity index is 0.00000264. The second-order valence-electron chi connectivity index (χ2n) is 5.31. The Bertz CT molecular complexity index is 603. The molecule has 0 saturated heterocycles. The molecule has 0 fully saturated rings. The number of nitrogens with one attached hydrogen (secondary N) is 2. The number of aryl methyl sites for hydroxylation is 1. The van der Waals surface area contributed by atoms with Gasteiger partial charge < -0.3 is 10.6 Å². The van der Waals surface area contributed by atoms with Crippen molar-refractivity contribution in [2.24, 2.45) is 0 Å². The van der Waals surface area contributed by atoms with Crippen molar-refractivity contribution in [3.05, 3.63) is 41.7 Å². The highest BCUT2D eigenvalue weighted by Gasteiger charge is 2.24. The zero-order valence-corrected chi connectivity index (χ0v) is 14.4. The van der Waals surface area contributed by atoms with Gasteiger partial charge in [0.25, 0.3) is 0 Å². The number of rotatable bonds is 7. The van der Waals surface area contributed by atoms with Crippen molar-refractivity contribution in [3.8, 4) is 0 Å². The average molecular weight is 339 g/mol. The lowest BCUT2D eigenvalue weighted by Gasteiger charge is -2.19. The van der Waals surface area contributed by atoms with E-state index in [9.17, 15) is 4.79 Å². The van der Waals surface area contributed by atoms with Crippen LogP contribution in [0.1, 0.15) is 24.4 Å². The van der Waals surface area contributed by atoms with Crippen molar-refractivity contribution in [2.45, 2.75) is 32.4 Å². The van der Waals surface area contributed by atoms with Gasteiger partial charge in [-0.25, -0.2) is 4.68 Å². The summed E-state index contributed by atoms with van der Waals surface area (Å²) in [6.07, 6.45) is 0.548. The summed E-state index contributed by atoms with van der Waals surface area (Å²) in [4.78, 5) is 12.6. The van der Waals surface area contributed by atoms with Crippen LogP contribution in [-0.2, 0) is 11.2 Å². The summed E-state index contributed by atoms with van der Waals surface area (Å²) < 4.78 is 1.58. The van der Waals surface area contributed by atoms with Crippen molar-refractivity contribution < 1.29 is 4.79 Å². The van der Waals surface area contributed by atoms with Crippen LogP contribution >= 0.6 is 12.4 Å². The van der Waals surface area contributed by atoms with Gasteiger partial charge in [-0.05, 0) is 36.9 Å². The lowest BCUT2D eigenvalue weighted by molar-refractivity contribution is -0.124. The molecule has 2 N–H and O–H groups in total. The van der Waals surface area contributed by atoms with Crippen LogP contribution in [0, 0.1) is 6.92 Å². The summed E-state index contributed by atoms with van der Waals surface area (Å²) in [5.41, 5.74) is 1.07. The summed E-state index contributed by atoms with van der Waals surface area (Å²) >= 11 is 0. The zero-order chi connectivity index (χ0) is 15.9. The topological polar surface area (TPSA) is 84.7 Å². The highest BCUT2D eigenvalue weighted by atomic mass is 35.5. The first-order chi connectivity index (χ1) is 10.6. The molecule has 8 heteroatoms. The van der Waals surface area contributed by atoms with Gasteiger partial charge in [0.2, 0.25) is 5.91 Å². The molecule has 2 unspecified atom stereocenters. The Morgan fingerprint density at radius 3 is 2.57 bits per heavy atom. The van der Waals surface area contributed by atoms with Crippen LogP contribution in [0.4, 0.5) is 0 Å². The highest BCUT2D eigenvalue weighted by Crippen LogP contribution is 2.14. The number of likely N-dealkylation sites (N-methyl/N-ethyl adjacent to an activating group) is 1. The molecule has 7 nitrogen and oxygen atoms in total. The molecule has 1 heterocycles. The third-order valence-corrected chi connectivity index (χ3v) is 3.60. The third kappa shape index (κ3) is 5.30. The number of nitrogens with zero attached hydrogens (tertiary/aromatic N) is 4. The smallest absolute Gasteiger partial charge is 0.245 e. The van der Waals surface area contributed by atoms with Crippen LogP contribution in [0.15, 0.2) is 30.3 Å². The normalized spacial score (nSPS) is 13.0. The second-order valence-corrected chi connectivity index (χ2v) is 5.31. The van der Waals surface area contributed by atoms with Gasteiger partial charge in [-0.15, -0.1) is 17.5 Å². The van der Waals surface area contributed by atoms with E-state index in [2.05, 4.69) is 26.2 Å². The van der Waals surface area contributed by atoms with Gasteiger partial charge in [0.1, 0.15) is 11.9 Å². The molecular formula is C15H23ClN6O. The fourth-order valence-electron chi connectivity index (χ4n) is 2.13. The zero-order valence-electron chi connectivity index (χ0n) is 13.6. The summed E-state index contributed by atoms with van der Waals surface area (Å²) in [6.45, 7) is 4.36. The van der Waals surface area contributed by atoms with Gasteiger partial charge in [-0.3, -0.25) is 4.79 Å². The molecule has 2 atom stereocenters. The van der Waals surface area contributed by atoms with E-state index < -0.39 is 6.04 Å². The van der Waals surface area contributed by atoms with E-state index in [1.54, 1.807) is 11.6 Å². The maximum Gasteiger partial charge on any atom is 0.245 e. The van der Waals surface area contributed by atoms with Gasteiger partial charge in [0, 0.05) is 19.0 Å². The molecule has 23 heavy (non-hydrogen) atoms. The van der Waals surface area contributed by atoms with Crippen LogP contribution in [0.2, 0.25) is 0 Å². The van der Waals surface area contributed by atoms with Crippen LogP contribution in [-0.4, -0.2) is 45.7 Å². The second kappa shape index (κ2) is 9.22. The van der Waals surface area contributed by atoms with E-state index in [0.717, 1.165) is 5.56 Å². The first kappa shape index (κ1) is 19.1. The van der Waals surface area contributed by atoms with Crippen molar-refractivity contribution in [3.63, 3.8) is 0 Å². The Labute approximate surface area is 142 Å². The number of tetrazole rings is 1. The Hall–Kier alpha value is -1.99. The largest absolute Gasteiger partial charge is 0.353 e. The van der Waals surface area contributed by atoms with Crippen LogP contribution < -0.4 is 10.6 Å². The summed E-state index contributed by atoms with van der Waals surface area (Å²) in [6, 6.07) is 9.61. The maximum absolute atomic E-state index is 12.6. The van der Waals surface area contributed by atoms with E-state index in [0.29, 0.717) is 18.8 Å². The minimum atomic E-state index is -0.457. The van der Waals surface area contributed by atoms with Crippen molar-refractivity contribution in [1.82, 2.24) is 30.8 Å². The van der Waals surface area contributed by atoms with Crippen LogP contribution in [0.5, 0.6) is 0 Å². The SMILES string of the molecule is CNC(C)CNC(=O)C(Cc1ccccc1)n1nnnc1C.Cl. The molecule has 2 rings (SSSR count). The first-order valence-electron chi connectivity index (χ1n) is 7.35. The van der Waals surface area contributed by atoms with Crippen molar-refractivity contribution in [1.29, 1.82) is 0 Å². The Morgan fingerprint density at radius 2 is 2.00 bits per heavy atom. The molecule has 0 radical (unpaired) electrons. The van der Waals surface area contributed by atoms with E-state index >= 15 is 0 Å². The Kier molecular flexibility index (Phi) is 7.64. The fourth-order valence-corrected chi connectivity index (χ4v) is 2.13. The molecule has 0 spiro atoms. The van der Waals surface area contributed by atoms with E-state index in [1.807, 2.05) is 44.3 Å².